The highest BCUT2D eigenvalue weighted by molar-refractivity contribution is 9.10. The number of aromatic amines is 1. The van der Waals surface area contributed by atoms with Crippen molar-refractivity contribution in [1.82, 2.24) is 20.6 Å². The zero-order valence-corrected chi connectivity index (χ0v) is 12.3. The topological polar surface area (TPSA) is 123 Å². The number of anilines is 1. The number of aromatic nitrogens is 4. The maximum Gasteiger partial charge on any atom is 0.216 e. The molecule has 0 aliphatic carbocycles. The fraction of sp³-hybridized carbons (Fsp3) is 0.0833. The van der Waals surface area contributed by atoms with Crippen LogP contribution in [0.4, 0.5) is 5.69 Å². The first-order chi connectivity index (χ1) is 10.2. The number of nitriles is 2. The van der Waals surface area contributed by atoms with Crippen LogP contribution >= 0.6 is 15.9 Å². The molecule has 0 fully saturated rings. The minimum Gasteiger partial charge on any atom is -0.495 e. The van der Waals surface area contributed by atoms with Gasteiger partial charge in [-0.2, -0.15) is 15.7 Å². The number of halogens is 1. The quantitative estimate of drug-likeness (QED) is 0.809. The molecule has 1 heterocycles. The summed E-state index contributed by atoms with van der Waals surface area (Å²) < 4.78 is 5.83. The van der Waals surface area contributed by atoms with E-state index in [1.54, 1.807) is 12.1 Å². The number of rotatable bonds is 4. The molecule has 0 unspecified atom stereocenters. The largest absolute Gasteiger partial charge is 0.495 e. The summed E-state index contributed by atoms with van der Waals surface area (Å²) in [7, 11) is 1.52. The van der Waals surface area contributed by atoms with Gasteiger partial charge in [-0.15, -0.1) is 10.2 Å². The molecular formula is C12H8BrN7O. The van der Waals surface area contributed by atoms with Gasteiger partial charge in [0.1, 0.15) is 23.5 Å². The van der Waals surface area contributed by atoms with E-state index in [1.165, 1.54) is 13.3 Å². The lowest BCUT2D eigenvalue weighted by Crippen LogP contribution is -1.97. The molecule has 0 spiro atoms. The van der Waals surface area contributed by atoms with E-state index < -0.39 is 0 Å². The molecule has 0 saturated carbocycles. The predicted molar refractivity (Wildman–Crippen MR) is 76.8 cm³/mol. The van der Waals surface area contributed by atoms with Gasteiger partial charge in [0.25, 0.3) is 0 Å². The Bertz CT molecular complexity index is 755. The van der Waals surface area contributed by atoms with Crippen LogP contribution in [0.25, 0.3) is 5.57 Å². The fourth-order valence-corrected chi connectivity index (χ4v) is 2.00. The smallest absolute Gasteiger partial charge is 0.216 e. The monoisotopic (exact) mass is 345 g/mol. The van der Waals surface area contributed by atoms with Crippen LogP contribution in [0.15, 0.2) is 22.8 Å². The summed E-state index contributed by atoms with van der Waals surface area (Å²) in [4.78, 5) is 0. The Morgan fingerprint density at radius 2 is 2.29 bits per heavy atom. The van der Waals surface area contributed by atoms with E-state index in [2.05, 4.69) is 47.9 Å². The van der Waals surface area contributed by atoms with Crippen LogP contribution in [0.5, 0.6) is 5.75 Å². The van der Waals surface area contributed by atoms with Gasteiger partial charge in [0.05, 0.1) is 22.8 Å². The van der Waals surface area contributed by atoms with Crippen LogP contribution in [-0.2, 0) is 0 Å². The molecule has 0 amide bonds. The molecule has 9 heteroatoms. The van der Waals surface area contributed by atoms with Crippen molar-refractivity contribution in [1.29, 1.82) is 10.5 Å². The van der Waals surface area contributed by atoms with E-state index in [1.807, 2.05) is 6.07 Å². The maximum absolute atomic E-state index is 9.14. The highest BCUT2D eigenvalue weighted by Gasteiger charge is 2.10. The van der Waals surface area contributed by atoms with Crippen LogP contribution in [-0.4, -0.2) is 27.7 Å². The Labute approximate surface area is 128 Å². The number of benzene rings is 1. The molecule has 0 bridgehead atoms. The molecule has 2 aromatic rings. The Morgan fingerprint density at radius 3 is 2.86 bits per heavy atom. The molecule has 8 nitrogen and oxygen atoms in total. The number of hydrogen-bond acceptors (Lipinski definition) is 7. The number of methoxy groups -OCH3 is 1. The van der Waals surface area contributed by atoms with Gasteiger partial charge in [0.15, 0.2) is 0 Å². The van der Waals surface area contributed by atoms with E-state index in [0.29, 0.717) is 21.5 Å². The summed E-state index contributed by atoms with van der Waals surface area (Å²) in [6.45, 7) is 0. The molecule has 21 heavy (non-hydrogen) atoms. The van der Waals surface area contributed by atoms with Gasteiger partial charge >= 0.3 is 0 Å². The van der Waals surface area contributed by atoms with Crippen molar-refractivity contribution in [2.45, 2.75) is 0 Å². The lowest BCUT2D eigenvalue weighted by atomic mass is 10.2. The highest BCUT2D eigenvalue weighted by atomic mass is 79.9. The van der Waals surface area contributed by atoms with E-state index in [-0.39, 0.29) is 11.4 Å². The first-order valence-corrected chi connectivity index (χ1v) is 6.37. The molecule has 0 saturated heterocycles. The number of allylic oxidation sites excluding steroid dienone is 1. The average Bonchev–Trinajstić information content (AvgIpc) is 3.03. The summed E-state index contributed by atoms with van der Waals surface area (Å²) in [6, 6.07) is 7.26. The molecule has 2 rings (SSSR count). The minimum atomic E-state index is 0.160. The van der Waals surface area contributed by atoms with Crippen molar-refractivity contribution in [3.05, 3.63) is 34.2 Å². The van der Waals surface area contributed by atoms with E-state index in [4.69, 9.17) is 15.3 Å². The second-order valence-corrected chi connectivity index (χ2v) is 4.55. The van der Waals surface area contributed by atoms with Crippen LogP contribution in [0.1, 0.15) is 11.4 Å². The third-order valence-electron chi connectivity index (χ3n) is 2.49. The Balaban J connectivity index is 2.35. The van der Waals surface area contributed by atoms with Crippen LogP contribution in [0.2, 0.25) is 0 Å². The van der Waals surface area contributed by atoms with E-state index >= 15 is 0 Å². The normalized spacial score (nSPS) is 10.6. The summed E-state index contributed by atoms with van der Waals surface area (Å²) in [5.41, 5.74) is 1.06. The molecular weight excluding hydrogens is 338 g/mol. The first-order valence-electron chi connectivity index (χ1n) is 5.58. The summed E-state index contributed by atoms with van der Waals surface area (Å²) in [5, 5.41) is 34.2. The maximum atomic E-state index is 9.14. The zero-order valence-electron chi connectivity index (χ0n) is 10.8. The number of ether oxygens (including phenoxy) is 1. The molecule has 0 atom stereocenters. The first kappa shape index (κ1) is 14.5. The Hall–Kier alpha value is -2.91. The fourth-order valence-electron chi connectivity index (χ4n) is 1.49. The van der Waals surface area contributed by atoms with Gasteiger partial charge in [0.2, 0.25) is 5.82 Å². The summed E-state index contributed by atoms with van der Waals surface area (Å²) >= 11 is 3.30. The van der Waals surface area contributed by atoms with Gasteiger partial charge in [-0.05, 0) is 27.2 Å². The van der Waals surface area contributed by atoms with Gasteiger partial charge in [-0.25, -0.2) is 0 Å². The molecule has 0 aliphatic heterocycles. The second-order valence-electron chi connectivity index (χ2n) is 3.69. The van der Waals surface area contributed by atoms with Crippen molar-refractivity contribution in [2.75, 3.05) is 12.4 Å². The molecule has 2 N–H and O–H groups in total. The SMILES string of the molecule is COc1cc(NC=C(C#N)c2nn[nH]n2)c(C#N)cc1Br. The summed E-state index contributed by atoms with van der Waals surface area (Å²) in [5.74, 6) is 0.718. The molecule has 0 radical (unpaired) electrons. The minimum absolute atomic E-state index is 0.160. The Morgan fingerprint density at radius 1 is 1.48 bits per heavy atom. The van der Waals surface area contributed by atoms with E-state index in [9.17, 15) is 0 Å². The van der Waals surface area contributed by atoms with Gasteiger partial charge in [0, 0.05) is 12.3 Å². The zero-order chi connectivity index (χ0) is 15.2. The average molecular weight is 346 g/mol. The molecule has 104 valence electrons. The van der Waals surface area contributed by atoms with Crippen molar-refractivity contribution < 1.29 is 4.74 Å². The van der Waals surface area contributed by atoms with Gasteiger partial charge in [-0.1, -0.05) is 0 Å². The number of hydrogen-bond donors (Lipinski definition) is 2. The van der Waals surface area contributed by atoms with Crippen molar-refractivity contribution in [3.63, 3.8) is 0 Å². The van der Waals surface area contributed by atoms with Crippen LogP contribution in [0.3, 0.4) is 0 Å². The third-order valence-corrected chi connectivity index (χ3v) is 3.11. The molecule has 0 aliphatic rings. The highest BCUT2D eigenvalue weighted by Crippen LogP contribution is 2.31. The van der Waals surface area contributed by atoms with Crippen molar-refractivity contribution >= 4 is 27.2 Å². The number of H-pyrrole nitrogens is 1. The standard InChI is InChI=1S/C12H8BrN7O/c1-21-11-3-10(7(4-14)2-9(11)13)16-6-8(5-15)12-17-19-20-18-12/h2-3,6,16H,1H3,(H,17,18,19,20). The predicted octanol–water partition coefficient (Wildman–Crippen LogP) is 1.82. The lowest BCUT2D eigenvalue weighted by Gasteiger charge is -2.09. The number of nitrogens with zero attached hydrogens (tertiary/aromatic N) is 5. The third kappa shape index (κ3) is 3.16. The van der Waals surface area contributed by atoms with Crippen LogP contribution < -0.4 is 10.1 Å². The Kier molecular flexibility index (Phi) is 4.49. The van der Waals surface area contributed by atoms with Crippen molar-refractivity contribution in [2.24, 2.45) is 0 Å². The number of nitrogens with one attached hydrogen (secondary N) is 2. The number of tetrazole rings is 1. The molecule has 1 aromatic heterocycles. The van der Waals surface area contributed by atoms with Gasteiger partial charge in [-0.3, -0.25) is 0 Å². The van der Waals surface area contributed by atoms with Crippen LogP contribution in [0, 0.1) is 22.7 Å². The summed E-state index contributed by atoms with van der Waals surface area (Å²) in [6.07, 6.45) is 1.40. The second kappa shape index (κ2) is 6.50. The lowest BCUT2D eigenvalue weighted by molar-refractivity contribution is 0.412. The van der Waals surface area contributed by atoms with E-state index in [0.717, 1.165) is 0 Å². The van der Waals surface area contributed by atoms with Gasteiger partial charge < -0.3 is 10.1 Å². The van der Waals surface area contributed by atoms with Crippen molar-refractivity contribution in [3.8, 4) is 17.9 Å². The molecule has 1 aromatic carbocycles.